The zero-order valence-electron chi connectivity index (χ0n) is 14.4. The topological polar surface area (TPSA) is 49.3 Å². The lowest BCUT2D eigenvalue weighted by Gasteiger charge is -2.49. The van der Waals surface area contributed by atoms with Gasteiger partial charge in [-0.25, -0.2) is 0 Å². The number of rotatable bonds is 3. The Kier molecular flexibility index (Phi) is 5.02. The zero-order valence-corrected chi connectivity index (χ0v) is 14.4. The number of carbonyl (C=O) groups is 1. The normalized spacial score (nSPS) is 43.5. The van der Waals surface area contributed by atoms with Crippen molar-refractivity contribution in [3.63, 3.8) is 0 Å². The molecule has 0 amide bonds. The van der Waals surface area contributed by atoms with Gasteiger partial charge in [0.05, 0.1) is 5.92 Å². The number of hydrogen-bond donors (Lipinski definition) is 2. The lowest BCUT2D eigenvalue weighted by Crippen LogP contribution is -2.56. The predicted octanol–water partition coefficient (Wildman–Crippen LogP) is 3.93. The number of hydrogen-bond acceptors (Lipinski definition) is 2. The minimum absolute atomic E-state index is 0.136. The molecule has 0 aromatic rings. The fraction of sp³-hybridized carbons (Fsp3) is 0.944. The molecule has 0 aromatic carbocycles. The van der Waals surface area contributed by atoms with Gasteiger partial charge in [0.25, 0.3) is 0 Å². The molecule has 0 aromatic heterocycles. The van der Waals surface area contributed by atoms with Gasteiger partial charge >= 0.3 is 5.97 Å². The second kappa shape index (κ2) is 6.28. The summed E-state index contributed by atoms with van der Waals surface area (Å²) in [6, 6.07) is 1.06. The van der Waals surface area contributed by atoms with Crippen LogP contribution in [0.1, 0.15) is 66.7 Å². The molecule has 122 valence electrons. The van der Waals surface area contributed by atoms with Gasteiger partial charge in [0.15, 0.2) is 0 Å². The summed E-state index contributed by atoms with van der Waals surface area (Å²) in [6.45, 7) is 11.2. The molecular weight excluding hydrogens is 262 g/mol. The third-order valence-corrected chi connectivity index (χ3v) is 6.69. The maximum absolute atomic E-state index is 11.5. The largest absolute Gasteiger partial charge is 0.481 e. The average Bonchev–Trinajstić information content (AvgIpc) is 2.38. The van der Waals surface area contributed by atoms with E-state index in [1.807, 2.05) is 0 Å². The molecule has 21 heavy (non-hydrogen) atoms. The van der Waals surface area contributed by atoms with Crippen molar-refractivity contribution in [2.75, 3.05) is 0 Å². The highest BCUT2D eigenvalue weighted by Gasteiger charge is 2.47. The van der Waals surface area contributed by atoms with Crippen LogP contribution in [-0.2, 0) is 4.79 Å². The Morgan fingerprint density at radius 3 is 2.14 bits per heavy atom. The first-order valence-electron chi connectivity index (χ1n) is 8.74. The van der Waals surface area contributed by atoms with Crippen LogP contribution >= 0.6 is 0 Å². The average molecular weight is 295 g/mol. The van der Waals surface area contributed by atoms with E-state index < -0.39 is 5.97 Å². The minimum Gasteiger partial charge on any atom is -0.481 e. The molecule has 0 heterocycles. The summed E-state index contributed by atoms with van der Waals surface area (Å²) >= 11 is 0. The molecule has 2 aliphatic carbocycles. The third kappa shape index (κ3) is 3.28. The quantitative estimate of drug-likeness (QED) is 0.829. The SMILES string of the molecule is CC1CCCC(C)C1NC1CCC(C(=O)O)C(C)(C)C1C. The van der Waals surface area contributed by atoms with Gasteiger partial charge in [0.2, 0.25) is 0 Å². The summed E-state index contributed by atoms with van der Waals surface area (Å²) in [7, 11) is 0. The van der Waals surface area contributed by atoms with Crippen molar-refractivity contribution in [1.29, 1.82) is 0 Å². The van der Waals surface area contributed by atoms with Crippen LogP contribution in [0.5, 0.6) is 0 Å². The van der Waals surface area contributed by atoms with E-state index >= 15 is 0 Å². The number of carboxylic acid groups (broad SMARTS) is 1. The first-order valence-corrected chi connectivity index (χ1v) is 8.74. The molecule has 0 radical (unpaired) electrons. The molecule has 0 spiro atoms. The molecule has 0 aliphatic heterocycles. The highest BCUT2D eigenvalue weighted by Crippen LogP contribution is 2.45. The Labute approximate surface area is 129 Å². The standard InChI is InChI=1S/C18H33NO2/c1-11-7-6-8-12(2)16(11)19-15-10-9-14(17(20)21)18(4,5)13(15)3/h11-16,19H,6-10H2,1-5H3,(H,20,21). The molecule has 2 fully saturated rings. The van der Waals surface area contributed by atoms with Crippen molar-refractivity contribution < 1.29 is 9.90 Å². The van der Waals surface area contributed by atoms with Gasteiger partial charge in [-0.05, 0) is 48.9 Å². The summed E-state index contributed by atoms with van der Waals surface area (Å²) in [5, 5.41) is 13.4. The van der Waals surface area contributed by atoms with E-state index in [4.69, 9.17) is 0 Å². The molecule has 3 nitrogen and oxygen atoms in total. The fourth-order valence-electron chi connectivity index (χ4n) is 4.73. The predicted molar refractivity (Wildman–Crippen MR) is 86.2 cm³/mol. The van der Waals surface area contributed by atoms with E-state index in [2.05, 4.69) is 39.9 Å². The van der Waals surface area contributed by atoms with Gasteiger partial charge in [-0.1, -0.05) is 41.0 Å². The Balaban J connectivity index is 2.06. The van der Waals surface area contributed by atoms with Gasteiger partial charge in [-0.15, -0.1) is 0 Å². The molecule has 2 N–H and O–H groups in total. The van der Waals surface area contributed by atoms with Crippen LogP contribution in [0.3, 0.4) is 0 Å². The lowest BCUT2D eigenvalue weighted by molar-refractivity contribution is -0.150. The molecular formula is C18H33NO2. The Hall–Kier alpha value is -0.570. The van der Waals surface area contributed by atoms with Crippen LogP contribution in [0, 0.1) is 29.1 Å². The monoisotopic (exact) mass is 295 g/mol. The van der Waals surface area contributed by atoms with E-state index in [9.17, 15) is 9.90 Å². The van der Waals surface area contributed by atoms with E-state index in [1.54, 1.807) is 0 Å². The van der Waals surface area contributed by atoms with E-state index in [0.717, 1.165) is 24.7 Å². The van der Waals surface area contributed by atoms with Crippen LogP contribution in [-0.4, -0.2) is 23.2 Å². The Morgan fingerprint density at radius 2 is 1.62 bits per heavy atom. The molecule has 0 bridgehead atoms. The van der Waals surface area contributed by atoms with Crippen LogP contribution < -0.4 is 5.32 Å². The molecule has 5 atom stereocenters. The molecule has 2 saturated carbocycles. The fourth-order valence-corrected chi connectivity index (χ4v) is 4.73. The maximum atomic E-state index is 11.5. The summed E-state index contributed by atoms with van der Waals surface area (Å²) in [5.41, 5.74) is -0.136. The van der Waals surface area contributed by atoms with Crippen LogP contribution in [0.4, 0.5) is 0 Å². The van der Waals surface area contributed by atoms with Gasteiger partial charge in [0.1, 0.15) is 0 Å². The molecule has 2 rings (SSSR count). The van der Waals surface area contributed by atoms with Crippen molar-refractivity contribution in [2.45, 2.75) is 78.8 Å². The van der Waals surface area contributed by atoms with E-state index in [0.29, 0.717) is 18.0 Å². The summed E-state index contributed by atoms with van der Waals surface area (Å²) in [6.07, 6.45) is 5.80. The van der Waals surface area contributed by atoms with E-state index in [-0.39, 0.29) is 11.3 Å². The highest BCUT2D eigenvalue weighted by atomic mass is 16.4. The minimum atomic E-state index is -0.621. The van der Waals surface area contributed by atoms with Crippen LogP contribution in [0.25, 0.3) is 0 Å². The number of nitrogens with one attached hydrogen (secondary N) is 1. The van der Waals surface area contributed by atoms with Crippen molar-refractivity contribution >= 4 is 5.97 Å². The van der Waals surface area contributed by atoms with Crippen molar-refractivity contribution in [2.24, 2.45) is 29.1 Å². The number of aliphatic carboxylic acids is 1. The molecule has 2 aliphatic rings. The zero-order chi connectivity index (χ0) is 15.8. The van der Waals surface area contributed by atoms with Gasteiger partial charge in [-0.2, -0.15) is 0 Å². The molecule has 3 heteroatoms. The van der Waals surface area contributed by atoms with Crippen molar-refractivity contribution in [3.05, 3.63) is 0 Å². The van der Waals surface area contributed by atoms with E-state index in [1.165, 1.54) is 19.3 Å². The van der Waals surface area contributed by atoms with Crippen LogP contribution in [0.15, 0.2) is 0 Å². The third-order valence-electron chi connectivity index (χ3n) is 6.69. The van der Waals surface area contributed by atoms with Gasteiger partial charge in [0, 0.05) is 12.1 Å². The first-order chi connectivity index (χ1) is 9.75. The maximum Gasteiger partial charge on any atom is 0.307 e. The Bertz CT molecular complexity index is 369. The Morgan fingerprint density at radius 1 is 1.05 bits per heavy atom. The smallest absolute Gasteiger partial charge is 0.307 e. The lowest BCUT2D eigenvalue weighted by atomic mass is 9.60. The van der Waals surface area contributed by atoms with Crippen molar-refractivity contribution in [1.82, 2.24) is 5.32 Å². The summed E-state index contributed by atoms with van der Waals surface area (Å²) in [5.74, 6) is 1.05. The molecule has 5 unspecified atom stereocenters. The van der Waals surface area contributed by atoms with Gasteiger partial charge in [-0.3, -0.25) is 4.79 Å². The molecule has 0 saturated heterocycles. The second-order valence-electron chi connectivity index (χ2n) is 8.26. The van der Waals surface area contributed by atoms with Crippen molar-refractivity contribution in [3.8, 4) is 0 Å². The summed E-state index contributed by atoms with van der Waals surface area (Å²) in [4.78, 5) is 11.5. The van der Waals surface area contributed by atoms with Crippen LogP contribution in [0.2, 0.25) is 0 Å². The van der Waals surface area contributed by atoms with Gasteiger partial charge < -0.3 is 10.4 Å². The first kappa shape index (κ1) is 16.8. The summed E-state index contributed by atoms with van der Waals surface area (Å²) < 4.78 is 0. The highest BCUT2D eigenvalue weighted by molar-refractivity contribution is 5.71. The number of carboxylic acids is 1. The second-order valence-corrected chi connectivity index (χ2v) is 8.26.